The molecule has 1 aliphatic heterocycles. The number of nitrogens with zero attached hydrogens (tertiary/aromatic N) is 3. The van der Waals surface area contributed by atoms with E-state index in [9.17, 15) is 18.0 Å². The lowest BCUT2D eigenvalue weighted by molar-refractivity contribution is -0.137. The van der Waals surface area contributed by atoms with Gasteiger partial charge in [0.2, 0.25) is 10.0 Å². The summed E-state index contributed by atoms with van der Waals surface area (Å²) in [6.07, 6.45) is 3.38. The lowest BCUT2D eigenvalue weighted by Gasteiger charge is -2.34. The number of hydrogen-bond acceptors (Lipinski definition) is 6. The summed E-state index contributed by atoms with van der Waals surface area (Å²) in [5, 5.41) is 8.85. The van der Waals surface area contributed by atoms with E-state index in [1.54, 1.807) is 23.2 Å². The fourth-order valence-corrected chi connectivity index (χ4v) is 3.16. The summed E-state index contributed by atoms with van der Waals surface area (Å²) < 4.78 is 29.7. The number of rotatable bonds is 6. The van der Waals surface area contributed by atoms with Crippen molar-refractivity contribution >= 4 is 21.9 Å². The van der Waals surface area contributed by atoms with Crippen LogP contribution in [0.1, 0.15) is 10.4 Å². The Morgan fingerprint density at radius 1 is 1.50 bits per heavy atom. The van der Waals surface area contributed by atoms with Crippen molar-refractivity contribution in [3.8, 4) is 0 Å². The number of aromatic nitrogens is 1. The maximum Gasteiger partial charge on any atom is 0.318 e. The molecule has 1 N–H and O–H groups in total. The summed E-state index contributed by atoms with van der Waals surface area (Å²) in [6, 6.07) is 3.30. The minimum absolute atomic E-state index is 0.123. The number of amides is 1. The van der Waals surface area contributed by atoms with Gasteiger partial charge in [-0.3, -0.25) is 14.6 Å². The van der Waals surface area contributed by atoms with Gasteiger partial charge in [0, 0.05) is 32.0 Å². The highest BCUT2D eigenvalue weighted by Gasteiger charge is 2.30. The van der Waals surface area contributed by atoms with Gasteiger partial charge >= 0.3 is 5.97 Å². The van der Waals surface area contributed by atoms with Crippen LogP contribution in [-0.4, -0.2) is 84.7 Å². The zero-order valence-corrected chi connectivity index (χ0v) is 14.0. The molecule has 0 spiro atoms. The van der Waals surface area contributed by atoms with Crippen molar-refractivity contribution in [1.29, 1.82) is 0 Å². The van der Waals surface area contributed by atoms with Crippen LogP contribution >= 0.6 is 0 Å². The van der Waals surface area contributed by atoms with Gasteiger partial charge in [0.05, 0.1) is 24.5 Å². The molecule has 0 radical (unpaired) electrons. The Morgan fingerprint density at radius 3 is 2.83 bits per heavy atom. The third-order valence-corrected chi connectivity index (χ3v) is 4.74. The predicted molar refractivity (Wildman–Crippen MR) is 83.9 cm³/mol. The third kappa shape index (κ3) is 4.98. The van der Waals surface area contributed by atoms with Crippen molar-refractivity contribution in [2.24, 2.45) is 0 Å². The number of carbonyl (C=O) groups excluding carboxylic acids is 1. The zero-order chi connectivity index (χ0) is 17.7. The van der Waals surface area contributed by atoms with E-state index in [2.05, 4.69) is 4.98 Å². The minimum atomic E-state index is -3.69. The summed E-state index contributed by atoms with van der Waals surface area (Å²) in [4.78, 5) is 28.7. The number of sulfonamides is 1. The van der Waals surface area contributed by atoms with Gasteiger partial charge in [0.25, 0.3) is 5.91 Å². The molecule has 0 bridgehead atoms. The molecule has 2 rings (SSSR count). The summed E-state index contributed by atoms with van der Waals surface area (Å²) in [5.74, 6) is -1.47. The van der Waals surface area contributed by atoms with Crippen molar-refractivity contribution in [3.63, 3.8) is 0 Å². The predicted octanol–water partition coefficient (Wildman–Crippen LogP) is -0.731. The molecule has 24 heavy (non-hydrogen) atoms. The average Bonchev–Trinajstić information content (AvgIpc) is 2.53. The smallest absolute Gasteiger partial charge is 0.318 e. The molecule has 132 valence electrons. The fourth-order valence-electron chi connectivity index (χ4n) is 2.38. The highest BCUT2D eigenvalue weighted by atomic mass is 32.2. The number of carboxylic acid groups (broad SMARTS) is 1. The van der Waals surface area contributed by atoms with E-state index in [0.29, 0.717) is 12.1 Å². The standard InChI is InChI=1S/C14H19N3O6S/c1-24(21,22)17(10-13(18)19)9-12-8-16(5-6-23-12)14(20)11-3-2-4-15-7-11/h2-4,7,12H,5-6,8-10H2,1H3,(H,18,19). The van der Waals surface area contributed by atoms with Crippen LogP contribution in [0.2, 0.25) is 0 Å². The van der Waals surface area contributed by atoms with Crippen molar-refractivity contribution in [2.45, 2.75) is 6.10 Å². The average molecular weight is 357 g/mol. The lowest BCUT2D eigenvalue weighted by Crippen LogP contribution is -2.51. The van der Waals surface area contributed by atoms with Crippen LogP contribution in [0.4, 0.5) is 0 Å². The Kier molecular flexibility index (Phi) is 5.86. The number of ether oxygens (including phenoxy) is 1. The van der Waals surface area contributed by atoms with Crippen LogP contribution in [-0.2, 0) is 19.6 Å². The number of aliphatic carboxylic acids is 1. The van der Waals surface area contributed by atoms with E-state index in [4.69, 9.17) is 9.84 Å². The zero-order valence-electron chi connectivity index (χ0n) is 13.2. The number of carbonyl (C=O) groups is 2. The van der Waals surface area contributed by atoms with E-state index in [1.165, 1.54) is 6.20 Å². The number of pyridine rings is 1. The van der Waals surface area contributed by atoms with Gasteiger partial charge in [0.1, 0.15) is 6.54 Å². The molecule has 1 aromatic rings. The Bertz CT molecular complexity index is 694. The Balaban J connectivity index is 2.04. The van der Waals surface area contributed by atoms with E-state index in [1.807, 2.05) is 0 Å². The van der Waals surface area contributed by atoms with Gasteiger partial charge in [-0.05, 0) is 12.1 Å². The monoisotopic (exact) mass is 357 g/mol. The number of morpholine rings is 1. The van der Waals surface area contributed by atoms with Crippen molar-refractivity contribution in [2.75, 3.05) is 39.0 Å². The first-order valence-electron chi connectivity index (χ1n) is 7.25. The van der Waals surface area contributed by atoms with Crippen LogP contribution in [0.3, 0.4) is 0 Å². The van der Waals surface area contributed by atoms with E-state index in [-0.39, 0.29) is 25.6 Å². The van der Waals surface area contributed by atoms with E-state index >= 15 is 0 Å². The maximum atomic E-state index is 12.4. The topological polar surface area (TPSA) is 117 Å². The molecule has 9 nitrogen and oxygen atoms in total. The first kappa shape index (κ1) is 18.3. The van der Waals surface area contributed by atoms with E-state index < -0.39 is 28.6 Å². The van der Waals surface area contributed by atoms with Gasteiger partial charge in [0.15, 0.2) is 0 Å². The fraction of sp³-hybridized carbons (Fsp3) is 0.500. The van der Waals surface area contributed by atoms with Crippen LogP contribution < -0.4 is 0 Å². The second-order valence-electron chi connectivity index (χ2n) is 5.43. The largest absolute Gasteiger partial charge is 0.480 e. The first-order chi connectivity index (χ1) is 11.3. The number of hydrogen-bond donors (Lipinski definition) is 1. The highest BCUT2D eigenvalue weighted by Crippen LogP contribution is 2.12. The molecular weight excluding hydrogens is 338 g/mol. The summed E-state index contributed by atoms with van der Waals surface area (Å²) in [7, 11) is -3.69. The van der Waals surface area contributed by atoms with Gasteiger partial charge in [-0.1, -0.05) is 0 Å². The molecule has 1 atom stereocenters. The first-order valence-corrected chi connectivity index (χ1v) is 9.10. The highest BCUT2D eigenvalue weighted by molar-refractivity contribution is 7.88. The van der Waals surface area contributed by atoms with Gasteiger partial charge in [-0.15, -0.1) is 0 Å². The molecule has 0 saturated carbocycles. The molecule has 2 heterocycles. The van der Waals surface area contributed by atoms with Gasteiger partial charge < -0.3 is 14.7 Å². The van der Waals surface area contributed by atoms with Crippen LogP contribution in [0.25, 0.3) is 0 Å². The summed E-state index contributed by atoms with van der Waals surface area (Å²) in [5.41, 5.74) is 0.434. The normalized spacial score (nSPS) is 18.6. The molecule has 1 saturated heterocycles. The second kappa shape index (κ2) is 7.69. The van der Waals surface area contributed by atoms with Gasteiger partial charge in [-0.2, -0.15) is 4.31 Å². The summed E-state index contributed by atoms with van der Waals surface area (Å²) in [6.45, 7) is 0.0416. The van der Waals surface area contributed by atoms with Crippen molar-refractivity contribution in [3.05, 3.63) is 30.1 Å². The molecule has 1 amide bonds. The molecule has 10 heteroatoms. The molecule has 1 aliphatic rings. The Labute approximate surface area is 139 Å². The number of carboxylic acids is 1. The summed E-state index contributed by atoms with van der Waals surface area (Å²) >= 11 is 0. The van der Waals surface area contributed by atoms with Crippen LogP contribution in [0.5, 0.6) is 0 Å². The lowest BCUT2D eigenvalue weighted by atomic mass is 10.2. The van der Waals surface area contributed by atoms with Crippen LogP contribution in [0.15, 0.2) is 24.5 Å². The molecule has 1 unspecified atom stereocenters. The second-order valence-corrected chi connectivity index (χ2v) is 7.42. The molecule has 0 aromatic carbocycles. The van der Waals surface area contributed by atoms with Crippen LogP contribution in [0, 0.1) is 0 Å². The van der Waals surface area contributed by atoms with Crippen molar-refractivity contribution < 1.29 is 27.9 Å². The molecule has 1 fully saturated rings. The third-order valence-electron chi connectivity index (χ3n) is 3.52. The molecular formula is C14H19N3O6S. The van der Waals surface area contributed by atoms with E-state index in [0.717, 1.165) is 10.6 Å². The minimum Gasteiger partial charge on any atom is -0.480 e. The molecule has 0 aliphatic carbocycles. The Hall–Kier alpha value is -2.04. The molecule has 1 aromatic heterocycles. The van der Waals surface area contributed by atoms with Gasteiger partial charge in [-0.25, -0.2) is 8.42 Å². The maximum absolute atomic E-state index is 12.4. The quantitative estimate of drug-likeness (QED) is 0.713. The van der Waals surface area contributed by atoms with Crippen molar-refractivity contribution in [1.82, 2.24) is 14.2 Å². The SMILES string of the molecule is CS(=O)(=O)N(CC(=O)O)CC1CN(C(=O)c2cccnc2)CCO1. The Morgan fingerprint density at radius 2 is 2.25 bits per heavy atom.